The molecule has 7 heteroatoms. The molecule has 2 heterocycles. The van der Waals surface area contributed by atoms with Gasteiger partial charge in [0, 0.05) is 66.1 Å². The number of rotatable bonds is 6. The van der Waals surface area contributed by atoms with E-state index in [2.05, 4.69) is 39.6 Å². The van der Waals surface area contributed by atoms with Gasteiger partial charge >= 0.3 is 0 Å². The first-order valence-corrected chi connectivity index (χ1v) is 10.4. The van der Waals surface area contributed by atoms with Crippen molar-refractivity contribution in [1.29, 1.82) is 0 Å². The van der Waals surface area contributed by atoms with Gasteiger partial charge in [0.25, 0.3) is 5.69 Å². The van der Waals surface area contributed by atoms with Gasteiger partial charge in [-0.15, -0.1) is 0 Å². The Labute approximate surface area is 175 Å². The van der Waals surface area contributed by atoms with E-state index in [-0.39, 0.29) is 16.8 Å². The molecule has 0 radical (unpaired) electrons. The molecule has 1 fully saturated rings. The van der Waals surface area contributed by atoms with Crippen molar-refractivity contribution < 1.29 is 4.92 Å². The molecule has 152 valence electrons. The topological polar surface area (TPSA) is 54.5 Å². The third-order valence-electron chi connectivity index (χ3n) is 5.71. The molecule has 0 bridgehead atoms. The maximum Gasteiger partial charge on any atom is 0.270 e. The highest BCUT2D eigenvalue weighted by atomic mass is 35.5. The van der Waals surface area contributed by atoms with Crippen LogP contribution in [0.1, 0.15) is 25.9 Å². The first kappa shape index (κ1) is 19.7. The van der Waals surface area contributed by atoms with Crippen LogP contribution in [-0.2, 0) is 0 Å². The number of anilines is 1. The van der Waals surface area contributed by atoms with Crippen LogP contribution in [0, 0.1) is 10.1 Å². The summed E-state index contributed by atoms with van der Waals surface area (Å²) in [6.07, 6.45) is 4.45. The van der Waals surface area contributed by atoms with Gasteiger partial charge in [0.2, 0.25) is 0 Å². The van der Waals surface area contributed by atoms with E-state index in [9.17, 15) is 10.1 Å². The number of hydrogen-bond acceptors (Lipinski definition) is 4. The summed E-state index contributed by atoms with van der Waals surface area (Å²) in [5.41, 5.74) is 2.40. The molecule has 1 aliphatic rings. The highest BCUT2D eigenvalue weighted by molar-refractivity contribution is 6.30. The van der Waals surface area contributed by atoms with Crippen molar-refractivity contribution in [2.75, 3.05) is 31.1 Å². The van der Waals surface area contributed by atoms with Crippen molar-refractivity contribution in [3.8, 4) is 0 Å². The normalized spacial score (nSPS) is 16.3. The number of nitro groups is 1. The van der Waals surface area contributed by atoms with E-state index in [1.807, 2.05) is 24.3 Å². The summed E-state index contributed by atoms with van der Waals surface area (Å²) < 4.78 is 2.28. The summed E-state index contributed by atoms with van der Waals surface area (Å²) in [6, 6.07) is 15.1. The zero-order valence-corrected chi connectivity index (χ0v) is 17.3. The number of fused-ring (bicyclic) bond motifs is 1. The van der Waals surface area contributed by atoms with Gasteiger partial charge < -0.3 is 9.47 Å². The molecule has 1 atom stereocenters. The minimum Gasteiger partial charge on any atom is -0.369 e. The van der Waals surface area contributed by atoms with Gasteiger partial charge in [-0.05, 0) is 42.8 Å². The average Bonchev–Trinajstić information content (AvgIpc) is 3.16. The molecule has 0 aliphatic carbocycles. The molecule has 2 aromatic carbocycles. The third kappa shape index (κ3) is 4.09. The van der Waals surface area contributed by atoms with Gasteiger partial charge in [-0.2, -0.15) is 0 Å². The summed E-state index contributed by atoms with van der Waals surface area (Å²) in [6.45, 7) is 6.08. The predicted molar refractivity (Wildman–Crippen MR) is 118 cm³/mol. The van der Waals surface area contributed by atoms with E-state index in [1.165, 1.54) is 5.69 Å². The Balaban J connectivity index is 1.53. The predicted octanol–water partition coefficient (Wildman–Crippen LogP) is 5.32. The third-order valence-corrected chi connectivity index (χ3v) is 5.96. The molecule has 29 heavy (non-hydrogen) atoms. The molecule has 1 aromatic heterocycles. The van der Waals surface area contributed by atoms with Crippen LogP contribution in [0.5, 0.6) is 0 Å². The second-order valence-corrected chi connectivity index (χ2v) is 7.93. The van der Waals surface area contributed by atoms with Crippen molar-refractivity contribution in [3.63, 3.8) is 0 Å². The van der Waals surface area contributed by atoms with Gasteiger partial charge in [0.1, 0.15) is 0 Å². The second-order valence-electron chi connectivity index (χ2n) is 7.49. The molecular weight excluding hydrogens is 388 g/mol. The Hall–Kier alpha value is -2.57. The fourth-order valence-corrected chi connectivity index (χ4v) is 4.34. The van der Waals surface area contributed by atoms with Crippen LogP contribution in [0.25, 0.3) is 10.9 Å². The van der Waals surface area contributed by atoms with E-state index in [1.54, 1.807) is 12.1 Å². The molecule has 1 unspecified atom stereocenters. The minimum absolute atomic E-state index is 0.138. The SMILES string of the molecule is CCCC(N1CCN(c2ccc(Cl)cc2)CC1)n1ccc2cc([N+](=O)[O-])ccc21. The maximum atomic E-state index is 11.1. The van der Waals surface area contributed by atoms with Gasteiger partial charge in [-0.1, -0.05) is 24.9 Å². The van der Waals surface area contributed by atoms with E-state index >= 15 is 0 Å². The van der Waals surface area contributed by atoms with Crippen LogP contribution >= 0.6 is 11.6 Å². The first-order valence-electron chi connectivity index (χ1n) is 10.1. The number of halogens is 1. The van der Waals surface area contributed by atoms with Crippen LogP contribution in [0.2, 0.25) is 5.02 Å². The summed E-state index contributed by atoms with van der Waals surface area (Å²) >= 11 is 6.02. The zero-order valence-electron chi connectivity index (χ0n) is 16.5. The Morgan fingerprint density at radius 1 is 1.07 bits per heavy atom. The average molecular weight is 413 g/mol. The molecule has 6 nitrogen and oxygen atoms in total. The number of hydrogen-bond donors (Lipinski definition) is 0. The minimum atomic E-state index is -0.337. The molecule has 1 aliphatic heterocycles. The van der Waals surface area contributed by atoms with Crippen LogP contribution in [0.15, 0.2) is 54.7 Å². The van der Waals surface area contributed by atoms with Crippen molar-refractivity contribution >= 4 is 33.9 Å². The number of benzene rings is 2. The number of aromatic nitrogens is 1. The highest BCUT2D eigenvalue weighted by Gasteiger charge is 2.25. The molecule has 0 saturated carbocycles. The molecule has 4 rings (SSSR count). The molecule has 3 aromatic rings. The van der Waals surface area contributed by atoms with Crippen molar-refractivity contribution in [2.45, 2.75) is 25.9 Å². The van der Waals surface area contributed by atoms with E-state index in [0.29, 0.717) is 0 Å². The maximum absolute atomic E-state index is 11.1. The first-order chi connectivity index (χ1) is 14.1. The Bertz CT molecular complexity index is 994. The lowest BCUT2D eigenvalue weighted by Gasteiger charge is -2.41. The number of non-ortho nitro benzene ring substituents is 1. The van der Waals surface area contributed by atoms with Crippen LogP contribution in [-0.4, -0.2) is 40.6 Å². The summed E-state index contributed by atoms with van der Waals surface area (Å²) in [5, 5.41) is 12.8. The fourth-order valence-electron chi connectivity index (χ4n) is 4.21. The standard InChI is InChI=1S/C22H25ClN4O2/c1-2-3-22(26-11-10-17-16-20(27(28)29)8-9-21(17)26)25-14-12-24(13-15-25)19-6-4-18(23)5-7-19/h4-11,16,22H,2-3,12-15H2,1H3. The lowest BCUT2D eigenvalue weighted by Crippen LogP contribution is -2.48. The van der Waals surface area contributed by atoms with Gasteiger partial charge in [-0.25, -0.2) is 0 Å². The number of piperazine rings is 1. The second kappa shape index (κ2) is 8.43. The largest absolute Gasteiger partial charge is 0.369 e. The molecule has 0 spiro atoms. The van der Waals surface area contributed by atoms with Gasteiger partial charge in [0.15, 0.2) is 0 Å². The molecular formula is C22H25ClN4O2. The summed E-state index contributed by atoms with van der Waals surface area (Å²) in [7, 11) is 0. The zero-order chi connectivity index (χ0) is 20.4. The Kier molecular flexibility index (Phi) is 5.74. The van der Waals surface area contributed by atoms with Crippen molar-refractivity contribution in [3.05, 3.63) is 69.9 Å². The van der Waals surface area contributed by atoms with Gasteiger partial charge in [-0.3, -0.25) is 15.0 Å². The van der Waals surface area contributed by atoms with Crippen LogP contribution in [0.3, 0.4) is 0 Å². The van der Waals surface area contributed by atoms with E-state index < -0.39 is 0 Å². The van der Waals surface area contributed by atoms with E-state index in [0.717, 1.165) is 54.9 Å². The quantitative estimate of drug-likeness (QED) is 0.406. The lowest BCUT2D eigenvalue weighted by atomic mass is 10.1. The van der Waals surface area contributed by atoms with Crippen molar-refractivity contribution in [1.82, 2.24) is 9.47 Å². The number of nitrogens with zero attached hydrogens (tertiary/aromatic N) is 4. The molecule has 0 N–H and O–H groups in total. The summed E-state index contributed by atoms with van der Waals surface area (Å²) in [4.78, 5) is 15.7. The monoisotopic (exact) mass is 412 g/mol. The van der Waals surface area contributed by atoms with E-state index in [4.69, 9.17) is 11.6 Å². The number of nitro benzene ring substituents is 1. The molecule has 1 saturated heterocycles. The lowest BCUT2D eigenvalue weighted by molar-refractivity contribution is -0.384. The van der Waals surface area contributed by atoms with Crippen LogP contribution in [0.4, 0.5) is 11.4 Å². The summed E-state index contributed by atoms with van der Waals surface area (Å²) in [5.74, 6) is 0. The Morgan fingerprint density at radius 3 is 2.45 bits per heavy atom. The molecule has 0 amide bonds. The van der Waals surface area contributed by atoms with Crippen molar-refractivity contribution in [2.24, 2.45) is 0 Å². The fraction of sp³-hybridized carbons (Fsp3) is 0.364. The highest BCUT2D eigenvalue weighted by Crippen LogP contribution is 2.30. The van der Waals surface area contributed by atoms with Crippen LogP contribution < -0.4 is 4.90 Å². The van der Waals surface area contributed by atoms with Gasteiger partial charge in [0.05, 0.1) is 11.1 Å². The smallest absolute Gasteiger partial charge is 0.270 e. The Morgan fingerprint density at radius 2 is 1.79 bits per heavy atom.